The van der Waals surface area contributed by atoms with Gasteiger partial charge in [0, 0.05) is 18.8 Å². The first-order chi connectivity index (χ1) is 15.2. The number of amides is 2. The van der Waals surface area contributed by atoms with Gasteiger partial charge in [-0.25, -0.2) is 8.42 Å². The minimum Gasteiger partial charge on any atom is -0.339 e. The number of rotatable bonds is 7. The van der Waals surface area contributed by atoms with Gasteiger partial charge in [0.15, 0.2) is 0 Å². The van der Waals surface area contributed by atoms with E-state index in [1.54, 1.807) is 40.9 Å². The number of hydrogen-bond acceptors (Lipinski definition) is 5. The van der Waals surface area contributed by atoms with E-state index in [-0.39, 0.29) is 22.6 Å². The molecule has 2 aromatic rings. The van der Waals surface area contributed by atoms with E-state index >= 15 is 0 Å². The van der Waals surface area contributed by atoms with Gasteiger partial charge in [0.25, 0.3) is 5.91 Å². The van der Waals surface area contributed by atoms with E-state index in [1.807, 2.05) is 13.8 Å². The van der Waals surface area contributed by atoms with E-state index in [0.717, 1.165) is 25.7 Å². The Kier molecular flexibility index (Phi) is 8.08. The molecule has 32 heavy (non-hydrogen) atoms. The number of benzene rings is 1. The molecule has 1 aromatic carbocycles. The second kappa shape index (κ2) is 10.6. The Morgan fingerprint density at radius 1 is 1.06 bits per heavy atom. The van der Waals surface area contributed by atoms with Crippen LogP contribution in [0.4, 0.5) is 5.69 Å². The van der Waals surface area contributed by atoms with Gasteiger partial charge in [-0.15, -0.1) is 11.3 Å². The molecule has 0 aliphatic carbocycles. The van der Waals surface area contributed by atoms with Crippen molar-refractivity contribution < 1.29 is 18.0 Å². The third kappa shape index (κ3) is 5.76. The Morgan fingerprint density at radius 2 is 1.75 bits per heavy atom. The summed E-state index contributed by atoms with van der Waals surface area (Å²) in [7, 11) is -3.65. The number of aryl methyl sites for hydroxylation is 1. The molecule has 3 rings (SSSR count). The van der Waals surface area contributed by atoms with Crippen LogP contribution in [0.1, 0.15) is 54.8 Å². The van der Waals surface area contributed by atoms with Gasteiger partial charge in [0.1, 0.15) is 6.04 Å². The lowest BCUT2D eigenvalue weighted by Crippen LogP contribution is -2.47. The second-order valence-electron chi connectivity index (χ2n) is 8.46. The molecule has 1 saturated heterocycles. The molecule has 1 aliphatic heterocycles. The highest BCUT2D eigenvalue weighted by Gasteiger charge is 2.28. The summed E-state index contributed by atoms with van der Waals surface area (Å²) in [5.41, 5.74) is 1.03. The van der Waals surface area contributed by atoms with Gasteiger partial charge in [-0.3, -0.25) is 9.59 Å². The van der Waals surface area contributed by atoms with Crippen molar-refractivity contribution >= 4 is 38.9 Å². The highest BCUT2D eigenvalue weighted by molar-refractivity contribution is 7.89. The van der Waals surface area contributed by atoms with Crippen LogP contribution in [0.2, 0.25) is 0 Å². The molecule has 1 aromatic heterocycles. The highest BCUT2D eigenvalue weighted by atomic mass is 32.2. The lowest BCUT2D eigenvalue weighted by Gasteiger charge is -2.23. The van der Waals surface area contributed by atoms with Crippen molar-refractivity contribution in [3.63, 3.8) is 0 Å². The van der Waals surface area contributed by atoms with Crippen LogP contribution in [0.5, 0.6) is 0 Å². The van der Waals surface area contributed by atoms with Crippen LogP contribution < -0.4 is 10.6 Å². The normalized spacial score (nSPS) is 16.4. The lowest BCUT2D eigenvalue weighted by atomic mass is 10.0. The molecule has 7 nitrogen and oxygen atoms in total. The van der Waals surface area contributed by atoms with Crippen LogP contribution in [0.25, 0.3) is 0 Å². The fourth-order valence-electron chi connectivity index (χ4n) is 3.75. The quantitative estimate of drug-likeness (QED) is 0.630. The molecular weight excluding hydrogens is 446 g/mol. The number of hydrogen-bond donors (Lipinski definition) is 2. The predicted octanol–water partition coefficient (Wildman–Crippen LogP) is 4.01. The zero-order valence-electron chi connectivity index (χ0n) is 18.8. The van der Waals surface area contributed by atoms with Gasteiger partial charge in [0.2, 0.25) is 15.9 Å². The SMILES string of the molecule is Cc1ccc(NC(=O)C(NC(=O)c2cccs2)C(C)C)cc1S(=O)(=O)N1CCCCCC1. The summed E-state index contributed by atoms with van der Waals surface area (Å²) in [4.78, 5) is 26.2. The molecule has 1 unspecified atom stereocenters. The second-order valence-corrected chi connectivity index (χ2v) is 11.3. The van der Waals surface area contributed by atoms with Crippen molar-refractivity contribution in [3.05, 3.63) is 46.2 Å². The van der Waals surface area contributed by atoms with Gasteiger partial charge in [-0.2, -0.15) is 4.31 Å². The zero-order valence-corrected chi connectivity index (χ0v) is 20.4. The molecule has 1 fully saturated rings. The standard InChI is InChI=1S/C23H31N3O4S2/c1-16(2)21(25-22(27)19-9-8-14-31-19)23(28)24-18-11-10-17(3)20(15-18)32(29,30)26-12-6-4-5-7-13-26/h8-11,14-16,21H,4-7,12-13H2,1-3H3,(H,24,28)(H,25,27). The highest BCUT2D eigenvalue weighted by Crippen LogP contribution is 2.26. The van der Waals surface area contributed by atoms with Gasteiger partial charge >= 0.3 is 0 Å². The maximum Gasteiger partial charge on any atom is 0.262 e. The fraction of sp³-hybridized carbons (Fsp3) is 0.478. The summed E-state index contributed by atoms with van der Waals surface area (Å²) in [6, 6.07) is 7.64. The summed E-state index contributed by atoms with van der Waals surface area (Å²) >= 11 is 1.31. The minimum atomic E-state index is -3.65. The summed E-state index contributed by atoms with van der Waals surface area (Å²) in [6.07, 6.45) is 3.78. The minimum absolute atomic E-state index is 0.148. The monoisotopic (exact) mass is 477 g/mol. The average molecular weight is 478 g/mol. The van der Waals surface area contributed by atoms with Crippen molar-refractivity contribution in [3.8, 4) is 0 Å². The summed E-state index contributed by atoms with van der Waals surface area (Å²) in [5, 5.41) is 7.39. The fourth-order valence-corrected chi connectivity index (χ4v) is 6.15. The smallest absolute Gasteiger partial charge is 0.262 e. The van der Waals surface area contributed by atoms with E-state index in [4.69, 9.17) is 0 Å². The molecule has 0 spiro atoms. The lowest BCUT2D eigenvalue weighted by molar-refractivity contribution is -0.118. The van der Waals surface area contributed by atoms with Crippen molar-refractivity contribution in [1.82, 2.24) is 9.62 Å². The van der Waals surface area contributed by atoms with E-state index in [0.29, 0.717) is 29.2 Å². The van der Waals surface area contributed by atoms with Crippen LogP contribution >= 0.6 is 11.3 Å². The van der Waals surface area contributed by atoms with Crippen molar-refractivity contribution in [2.75, 3.05) is 18.4 Å². The first kappa shape index (κ1) is 24.4. The van der Waals surface area contributed by atoms with Crippen LogP contribution in [0, 0.1) is 12.8 Å². The predicted molar refractivity (Wildman–Crippen MR) is 127 cm³/mol. The van der Waals surface area contributed by atoms with Gasteiger partial charge < -0.3 is 10.6 Å². The number of thiophene rings is 1. The molecule has 0 bridgehead atoms. The Labute approximate surface area is 194 Å². The van der Waals surface area contributed by atoms with Gasteiger partial charge in [-0.05, 0) is 54.8 Å². The molecule has 9 heteroatoms. The molecule has 1 atom stereocenters. The first-order valence-electron chi connectivity index (χ1n) is 11.0. The third-order valence-electron chi connectivity index (χ3n) is 5.62. The number of nitrogens with one attached hydrogen (secondary N) is 2. The molecule has 2 heterocycles. The Balaban J connectivity index is 1.79. The van der Waals surface area contributed by atoms with E-state index in [2.05, 4.69) is 10.6 Å². The number of carbonyl (C=O) groups excluding carboxylic acids is 2. The first-order valence-corrected chi connectivity index (χ1v) is 13.3. The molecule has 2 amide bonds. The van der Waals surface area contributed by atoms with Crippen LogP contribution in [-0.4, -0.2) is 43.7 Å². The molecule has 1 aliphatic rings. The average Bonchev–Trinajstić information content (AvgIpc) is 3.14. The number of anilines is 1. The summed E-state index contributed by atoms with van der Waals surface area (Å²) in [5.74, 6) is -0.835. The molecule has 2 N–H and O–H groups in total. The topological polar surface area (TPSA) is 95.6 Å². The largest absolute Gasteiger partial charge is 0.339 e. The van der Waals surface area contributed by atoms with Gasteiger partial charge in [-0.1, -0.05) is 38.8 Å². The van der Waals surface area contributed by atoms with E-state index < -0.39 is 16.1 Å². The Morgan fingerprint density at radius 3 is 2.34 bits per heavy atom. The Bertz CT molecular complexity index is 1040. The third-order valence-corrected chi connectivity index (χ3v) is 8.53. The molecular formula is C23H31N3O4S2. The van der Waals surface area contributed by atoms with Crippen LogP contribution in [0.15, 0.2) is 40.6 Å². The van der Waals surface area contributed by atoms with Crippen LogP contribution in [-0.2, 0) is 14.8 Å². The van der Waals surface area contributed by atoms with Crippen molar-refractivity contribution in [2.24, 2.45) is 5.92 Å². The Hall–Kier alpha value is -2.23. The molecule has 174 valence electrons. The van der Waals surface area contributed by atoms with Gasteiger partial charge in [0.05, 0.1) is 9.77 Å². The molecule has 0 radical (unpaired) electrons. The number of nitrogens with zero attached hydrogens (tertiary/aromatic N) is 1. The van der Waals surface area contributed by atoms with Crippen molar-refractivity contribution in [2.45, 2.75) is 57.4 Å². The van der Waals surface area contributed by atoms with E-state index in [9.17, 15) is 18.0 Å². The number of sulfonamides is 1. The summed E-state index contributed by atoms with van der Waals surface area (Å²) in [6.45, 7) is 6.49. The van der Waals surface area contributed by atoms with Crippen LogP contribution in [0.3, 0.4) is 0 Å². The van der Waals surface area contributed by atoms with E-state index in [1.165, 1.54) is 17.4 Å². The summed E-state index contributed by atoms with van der Waals surface area (Å²) < 4.78 is 28.1. The number of carbonyl (C=O) groups is 2. The zero-order chi connectivity index (χ0) is 23.3. The maximum atomic E-state index is 13.3. The van der Waals surface area contributed by atoms with Crippen molar-refractivity contribution in [1.29, 1.82) is 0 Å². The maximum absolute atomic E-state index is 13.3. The molecule has 0 saturated carbocycles.